The number of aromatic nitrogens is 1. The molecule has 52 valence electrons. The van der Waals surface area contributed by atoms with Crippen LogP contribution in [0.2, 0.25) is 0 Å². The van der Waals surface area contributed by atoms with Gasteiger partial charge in [-0.3, -0.25) is 4.98 Å². The monoisotopic (exact) mass is 138 g/mol. The lowest BCUT2D eigenvalue weighted by molar-refractivity contribution is 0.321. The second kappa shape index (κ2) is 2.82. The summed E-state index contributed by atoms with van der Waals surface area (Å²) in [6.45, 7) is 0. The van der Waals surface area contributed by atoms with Gasteiger partial charge in [-0.2, -0.15) is 0 Å². The Kier molecular flexibility index (Phi) is 1.84. The van der Waals surface area contributed by atoms with Crippen LogP contribution in [-0.4, -0.2) is 21.5 Å². The largest absolute Gasteiger partial charge is 0.506 e. The molecule has 0 amide bonds. The number of hydrogen-bond acceptors (Lipinski definition) is 4. The van der Waals surface area contributed by atoms with E-state index in [1.165, 1.54) is 24.5 Å². The highest BCUT2D eigenvalue weighted by Gasteiger charge is 1.88. The smallest absolute Gasteiger partial charge is 0.133 e. The van der Waals surface area contributed by atoms with Crippen molar-refractivity contribution in [3.63, 3.8) is 0 Å². The molecular formula is C6H6N2O2. The van der Waals surface area contributed by atoms with Crippen LogP contribution < -0.4 is 0 Å². The molecule has 0 unspecified atom stereocenters. The van der Waals surface area contributed by atoms with Gasteiger partial charge in [-0.1, -0.05) is 5.16 Å². The molecule has 0 aliphatic heterocycles. The molecule has 0 atom stereocenters. The van der Waals surface area contributed by atoms with E-state index in [0.29, 0.717) is 5.69 Å². The third kappa shape index (κ3) is 1.45. The van der Waals surface area contributed by atoms with Gasteiger partial charge in [-0.15, -0.1) is 0 Å². The zero-order valence-electron chi connectivity index (χ0n) is 5.10. The third-order valence-corrected chi connectivity index (χ3v) is 0.961. The van der Waals surface area contributed by atoms with Gasteiger partial charge in [0.1, 0.15) is 5.75 Å². The van der Waals surface area contributed by atoms with Crippen LogP contribution in [0.5, 0.6) is 5.75 Å². The number of pyridine rings is 1. The van der Waals surface area contributed by atoms with Gasteiger partial charge in [0.25, 0.3) is 0 Å². The quantitative estimate of drug-likeness (QED) is 0.339. The van der Waals surface area contributed by atoms with Gasteiger partial charge >= 0.3 is 0 Å². The van der Waals surface area contributed by atoms with E-state index >= 15 is 0 Å². The van der Waals surface area contributed by atoms with Gasteiger partial charge < -0.3 is 10.3 Å². The summed E-state index contributed by atoms with van der Waals surface area (Å²) in [7, 11) is 0. The van der Waals surface area contributed by atoms with Crippen LogP contribution >= 0.6 is 0 Å². The van der Waals surface area contributed by atoms with Crippen molar-refractivity contribution >= 4 is 6.21 Å². The van der Waals surface area contributed by atoms with Crippen molar-refractivity contribution in [2.75, 3.05) is 0 Å². The van der Waals surface area contributed by atoms with Crippen LogP contribution in [0.3, 0.4) is 0 Å². The Balaban J connectivity index is 2.89. The van der Waals surface area contributed by atoms with Gasteiger partial charge in [-0.25, -0.2) is 0 Å². The minimum atomic E-state index is 0.0927. The van der Waals surface area contributed by atoms with Crippen molar-refractivity contribution < 1.29 is 10.3 Å². The molecule has 0 bridgehead atoms. The molecule has 4 nitrogen and oxygen atoms in total. The summed E-state index contributed by atoms with van der Waals surface area (Å²) in [5, 5.41) is 19.6. The first-order chi connectivity index (χ1) is 4.83. The van der Waals surface area contributed by atoms with E-state index in [0.717, 1.165) is 0 Å². The van der Waals surface area contributed by atoms with Crippen LogP contribution in [-0.2, 0) is 0 Å². The molecule has 1 aromatic heterocycles. The average Bonchev–Trinajstić information content (AvgIpc) is 1.95. The normalized spacial score (nSPS) is 10.4. The van der Waals surface area contributed by atoms with Crippen LogP contribution in [0.1, 0.15) is 5.69 Å². The van der Waals surface area contributed by atoms with Crippen molar-refractivity contribution in [3.8, 4) is 5.75 Å². The molecular weight excluding hydrogens is 132 g/mol. The summed E-state index contributed by atoms with van der Waals surface area (Å²) in [5.74, 6) is 0.0927. The highest BCUT2D eigenvalue weighted by Crippen LogP contribution is 2.03. The number of rotatable bonds is 1. The fourth-order valence-corrected chi connectivity index (χ4v) is 0.533. The van der Waals surface area contributed by atoms with E-state index in [1.807, 2.05) is 0 Å². The van der Waals surface area contributed by atoms with Gasteiger partial charge in [0.15, 0.2) is 0 Å². The molecule has 0 saturated heterocycles. The maximum absolute atomic E-state index is 8.76. The molecule has 4 heteroatoms. The first kappa shape index (κ1) is 6.54. The Labute approximate surface area is 57.5 Å². The molecule has 2 N–H and O–H groups in total. The molecule has 0 radical (unpaired) electrons. The lowest BCUT2D eigenvalue weighted by atomic mass is 10.4. The molecule has 0 aliphatic rings. The Morgan fingerprint density at radius 3 is 2.80 bits per heavy atom. The molecule has 0 aromatic carbocycles. The fourth-order valence-electron chi connectivity index (χ4n) is 0.533. The van der Waals surface area contributed by atoms with E-state index in [1.54, 1.807) is 0 Å². The maximum Gasteiger partial charge on any atom is 0.133 e. The topological polar surface area (TPSA) is 65.7 Å². The number of hydrogen-bond donors (Lipinski definition) is 2. The second-order valence-electron chi connectivity index (χ2n) is 1.69. The molecule has 10 heavy (non-hydrogen) atoms. The number of oxime groups is 1. The molecule has 0 saturated carbocycles. The van der Waals surface area contributed by atoms with E-state index in [2.05, 4.69) is 10.1 Å². The van der Waals surface area contributed by atoms with Crippen LogP contribution in [0.25, 0.3) is 0 Å². The Bertz CT molecular complexity index is 230. The SMILES string of the molecule is O/N=C\c1ccc(O)cn1. The summed E-state index contributed by atoms with van der Waals surface area (Å²) in [6, 6.07) is 3.00. The van der Waals surface area contributed by atoms with Crippen molar-refractivity contribution in [2.45, 2.75) is 0 Å². The van der Waals surface area contributed by atoms with Crippen molar-refractivity contribution in [1.29, 1.82) is 0 Å². The zero-order valence-corrected chi connectivity index (χ0v) is 5.10. The molecule has 1 rings (SSSR count). The highest BCUT2D eigenvalue weighted by molar-refractivity contribution is 5.76. The Hall–Kier alpha value is -1.58. The predicted octanol–water partition coefficient (Wildman–Crippen LogP) is 0.595. The van der Waals surface area contributed by atoms with Gasteiger partial charge in [0, 0.05) is 0 Å². The minimum absolute atomic E-state index is 0.0927. The van der Waals surface area contributed by atoms with Crippen LogP contribution in [0.4, 0.5) is 0 Å². The van der Waals surface area contributed by atoms with E-state index in [9.17, 15) is 0 Å². The highest BCUT2D eigenvalue weighted by atomic mass is 16.4. The van der Waals surface area contributed by atoms with Gasteiger partial charge in [0.2, 0.25) is 0 Å². The number of nitrogens with zero attached hydrogens (tertiary/aromatic N) is 2. The molecule has 0 spiro atoms. The van der Waals surface area contributed by atoms with Gasteiger partial charge in [-0.05, 0) is 12.1 Å². The second-order valence-corrected chi connectivity index (χ2v) is 1.69. The zero-order chi connectivity index (χ0) is 7.40. The number of aromatic hydroxyl groups is 1. The summed E-state index contributed by atoms with van der Waals surface area (Å²) >= 11 is 0. The standard InChI is InChI=1S/C6H6N2O2/c9-6-2-1-5(3-8-10)7-4-6/h1-4,9-10H/b8-3-. The summed E-state index contributed by atoms with van der Waals surface area (Å²) in [6.07, 6.45) is 2.45. The Morgan fingerprint density at radius 1 is 1.50 bits per heavy atom. The molecule has 0 aliphatic carbocycles. The first-order valence-corrected chi connectivity index (χ1v) is 2.65. The third-order valence-electron chi connectivity index (χ3n) is 0.961. The van der Waals surface area contributed by atoms with E-state index in [-0.39, 0.29) is 5.75 Å². The summed E-state index contributed by atoms with van der Waals surface area (Å²) in [5.41, 5.74) is 0.500. The van der Waals surface area contributed by atoms with Crippen LogP contribution in [0, 0.1) is 0 Å². The lowest BCUT2D eigenvalue weighted by Gasteiger charge is -1.89. The lowest BCUT2D eigenvalue weighted by Crippen LogP contribution is -1.84. The van der Waals surface area contributed by atoms with E-state index < -0.39 is 0 Å². The predicted molar refractivity (Wildman–Crippen MR) is 35.3 cm³/mol. The van der Waals surface area contributed by atoms with Crippen LogP contribution in [0.15, 0.2) is 23.5 Å². The molecule has 0 fully saturated rings. The molecule has 1 heterocycles. The Morgan fingerprint density at radius 2 is 2.30 bits per heavy atom. The average molecular weight is 138 g/mol. The summed E-state index contributed by atoms with van der Waals surface area (Å²) in [4.78, 5) is 3.71. The molecule has 1 aromatic rings. The maximum atomic E-state index is 8.76. The summed E-state index contributed by atoms with van der Waals surface area (Å²) < 4.78 is 0. The van der Waals surface area contributed by atoms with Crippen molar-refractivity contribution in [3.05, 3.63) is 24.0 Å². The minimum Gasteiger partial charge on any atom is -0.506 e. The fraction of sp³-hybridized carbons (Fsp3) is 0. The first-order valence-electron chi connectivity index (χ1n) is 2.65. The van der Waals surface area contributed by atoms with Crippen molar-refractivity contribution in [2.24, 2.45) is 5.16 Å². The van der Waals surface area contributed by atoms with E-state index in [4.69, 9.17) is 10.3 Å². The van der Waals surface area contributed by atoms with Gasteiger partial charge in [0.05, 0.1) is 18.1 Å². The van der Waals surface area contributed by atoms with Crippen molar-refractivity contribution in [1.82, 2.24) is 4.98 Å².